The van der Waals surface area contributed by atoms with Gasteiger partial charge in [-0.1, -0.05) is 31.4 Å². The molecule has 2 aromatic rings. The molecule has 2 aliphatic rings. The molecule has 7 heteroatoms. The number of nitrogens with zero attached hydrogens (tertiary/aromatic N) is 5. The summed E-state index contributed by atoms with van der Waals surface area (Å²) in [4.78, 5) is 2.44. The Balaban J connectivity index is 1.70. The van der Waals surface area contributed by atoms with Crippen molar-refractivity contribution in [3.63, 3.8) is 0 Å². The van der Waals surface area contributed by atoms with Gasteiger partial charge >= 0.3 is 0 Å². The fraction of sp³-hybridized carbons (Fsp3) is 0.611. The Morgan fingerprint density at radius 2 is 1.76 bits per heavy atom. The van der Waals surface area contributed by atoms with Gasteiger partial charge < -0.3 is 0 Å². The molecular weight excluding hydrogens is 337 g/mol. The average Bonchev–Trinajstić information content (AvgIpc) is 3.14. The first-order chi connectivity index (χ1) is 12.3. The molecule has 1 aromatic heterocycles. The number of benzene rings is 1. The van der Waals surface area contributed by atoms with Gasteiger partial charge in [0.25, 0.3) is 0 Å². The summed E-state index contributed by atoms with van der Waals surface area (Å²) in [5.74, 6) is 2.93. The van der Waals surface area contributed by atoms with Crippen molar-refractivity contribution in [3.05, 3.63) is 41.5 Å². The van der Waals surface area contributed by atoms with Gasteiger partial charge in [-0.2, -0.15) is 11.8 Å². The normalized spacial score (nSPS) is 21.3. The van der Waals surface area contributed by atoms with E-state index in [2.05, 4.69) is 25.1 Å². The van der Waals surface area contributed by atoms with Crippen LogP contribution in [-0.2, 0) is 0 Å². The van der Waals surface area contributed by atoms with Crippen molar-refractivity contribution in [2.75, 3.05) is 24.6 Å². The number of hydrogen-bond acceptors (Lipinski definition) is 5. The molecule has 0 N–H and O–H groups in total. The van der Waals surface area contributed by atoms with Crippen LogP contribution in [0.1, 0.15) is 55.6 Å². The molecular formula is C18H24FN5S. The van der Waals surface area contributed by atoms with E-state index in [0.29, 0.717) is 6.04 Å². The maximum Gasteiger partial charge on any atom is 0.173 e. The first-order valence-electron chi connectivity index (χ1n) is 9.18. The van der Waals surface area contributed by atoms with E-state index in [9.17, 15) is 4.39 Å². The summed E-state index contributed by atoms with van der Waals surface area (Å²) < 4.78 is 15.5. The molecule has 5 nitrogen and oxygen atoms in total. The molecule has 1 saturated heterocycles. The third-order valence-electron chi connectivity index (χ3n) is 5.28. The number of thioether (sulfide) groups is 1. The average molecular weight is 361 g/mol. The lowest BCUT2D eigenvalue weighted by molar-refractivity contribution is 0.222. The lowest BCUT2D eigenvalue weighted by Gasteiger charge is -2.34. The number of hydrogen-bond donors (Lipinski definition) is 0. The van der Waals surface area contributed by atoms with Crippen LogP contribution in [-0.4, -0.2) is 49.7 Å². The lowest BCUT2D eigenvalue weighted by Crippen LogP contribution is -2.38. The van der Waals surface area contributed by atoms with E-state index in [-0.39, 0.29) is 11.9 Å². The van der Waals surface area contributed by atoms with Crippen LogP contribution in [0.2, 0.25) is 0 Å². The molecule has 2 heterocycles. The van der Waals surface area contributed by atoms with Crippen LogP contribution in [0.25, 0.3) is 0 Å². The maximum absolute atomic E-state index is 13.4. The summed E-state index contributed by atoms with van der Waals surface area (Å²) >= 11 is 1.98. The summed E-state index contributed by atoms with van der Waals surface area (Å²) in [7, 11) is 0. The Morgan fingerprint density at radius 3 is 2.48 bits per heavy atom. The van der Waals surface area contributed by atoms with Crippen molar-refractivity contribution < 1.29 is 4.39 Å². The quantitative estimate of drug-likeness (QED) is 0.835. The van der Waals surface area contributed by atoms with Gasteiger partial charge in [0.2, 0.25) is 0 Å². The third-order valence-corrected chi connectivity index (χ3v) is 6.22. The van der Waals surface area contributed by atoms with Gasteiger partial charge in [0, 0.05) is 24.6 Å². The fourth-order valence-corrected chi connectivity index (χ4v) is 4.90. The van der Waals surface area contributed by atoms with Crippen LogP contribution in [0.3, 0.4) is 0 Å². The summed E-state index contributed by atoms with van der Waals surface area (Å²) in [6, 6.07) is 7.22. The largest absolute Gasteiger partial charge is 0.288 e. The second kappa shape index (κ2) is 7.83. The minimum absolute atomic E-state index is 0.00146. The van der Waals surface area contributed by atoms with Gasteiger partial charge in [0.05, 0.1) is 12.1 Å². The Hall–Kier alpha value is -1.47. The zero-order chi connectivity index (χ0) is 17.1. The lowest BCUT2D eigenvalue weighted by atomic mass is 9.95. The standard InChI is InChI=1S/C18H24FN5S/c19-15-8-6-14(7-9-15)17(23-10-12-25-13-11-23)18-20-21-22-24(18)16-4-2-1-3-5-16/h6-9,16-17H,1-5,10-13H2. The van der Waals surface area contributed by atoms with E-state index in [0.717, 1.165) is 48.8 Å². The van der Waals surface area contributed by atoms with Crippen LogP contribution in [0.4, 0.5) is 4.39 Å². The molecule has 0 radical (unpaired) electrons. The first-order valence-corrected chi connectivity index (χ1v) is 10.3. The predicted octanol–water partition coefficient (Wildman–Crippen LogP) is 3.46. The van der Waals surface area contributed by atoms with Gasteiger partial charge in [-0.25, -0.2) is 9.07 Å². The second-order valence-corrected chi connectivity index (χ2v) is 8.10. The highest BCUT2D eigenvalue weighted by Gasteiger charge is 2.31. The molecule has 134 valence electrons. The predicted molar refractivity (Wildman–Crippen MR) is 97.1 cm³/mol. The van der Waals surface area contributed by atoms with E-state index in [4.69, 9.17) is 0 Å². The molecule has 25 heavy (non-hydrogen) atoms. The molecule has 1 aliphatic heterocycles. The van der Waals surface area contributed by atoms with E-state index in [1.54, 1.807) is 0 Å². The Bertz CT molecular complexity index is 677. The van der Waals surface area contributed by atoms with Gasteiger partial charge in [-0.05, 0) is 41.0 Å². The number of rotatable bonds is 4. The van der Waals surface area contributed by atoms with Crippen LogP contribution in [0.5, 0.6) is 0 Å². The summed E-state index contributed by atoms with van der Waals surface area (Å²) in [6.07, 6.45) is 6.07. The fourth-order valence-electron chi connectivity index (χ4n) is 3.97. The van der Waals surface area contributed by atoms with Crippen molar-refractivity contribution in [2.24, 2.45) is 0 Å². The zero-order valence-corrected chi connectivity index (χ0v) is 15.2. The molecule has 0 spiro atoms. The van der Waals surface area contributed by atoms with Crippen LogP contribution in [0, 0.1) is 5.82 Å². The summed E-state index contributed by atoms with van der Waals surface area (Å²) in [5.41, 5.74) is 1.07. The zero-order valence-electron chi connectivity index (χ0n) is 14.4. The van der Waals surface area contributed by atoms with Gasteiger partial charge in [-0.15, -0.1) is 5.10 Å². The van der Waals surface area contributed by atoms with Crippen molar-refractivity contribution in [2.45, 2.75) is 44.2 Å². The topological polar surface area (TPSA) is 46.8 Å². The summed E-state index contributed by atoms with van der Waals surface area (Å²) in [6.45, 7) is 2.01. The molecule has 0 amide bonds. The first kappa shape index (κ1) is 17.0. The Kier molecular flexibility index (Phi) is 5.31. The SMILES string of the molecule is Fc1ccc(C(c2nnnn2C2CCCCC2)N2CCSCC2)cc1. The highest BCUT2D eigenvalue weighted by molar-refractivity contribution is 7.99. The molecule has 2 fully saturated rings. The van der Waals surface area contributed by atoms with Crippen LogP contribution >= 0.6 is 11.8 Å². The molecule has 1 unspecified atom stereocenters. The maximum atomic E-state index is 13.4. The smallest absolute Gasteiger partial charge is 0.173 e. The highest BCUT2D eigenvalue weighted by Crippen LogP contribution is 2.34. The van der Waals surface area contributed by atoms with Crippen molar-refractivity contribution in [1.29, 1.82) is 0 Å². The Morgan fingerprint density at radius 1 is 1.04 bits per heavy atom. The second-order valence-electron chi connectivity index (χ2n) is 6.88. The molecule has 1 saturated carbocycles. The van der Waals surface area contributed by atoms with Gasteiger partial charge in [-0.3, -0.25) is 4.90 Å². The van der Waals surface area contributed by atoms with Crippen molar-refractivity contribution in [1.82, 2.24) is 25.1 Å². The number of halogens is 1. The van der Waals surface area contributed by atoms with E-state index >= 15 is 0 Å². The van der Waals surface area contributed by atoms with E-state index in [1.807, 2.05) is 23.9 Å². The van der Waals surface area contributed by atoms with Gasteiger partial charge in [0.1, 0.15) is 5.82 Å². The van der Waals surface area contributed by atoms with E-state index in [1.165, 1.54) is 31.4 Å². The molecule has 0 bridgehead atoms. The third kappa shape index (κ3) is 3.72. The van der Waals surface area contributed by atoms with Crippen LogP contribution < -0.4 is 0 Å². The molecule has 1 aromatic carbocycles. The Labute approximate surface area is 152 Å². The summed E-state index contributed by atoms with van der Waals surface area (Å²) in [5, 5.41) is 12.8. The van der Waals surface area contributed by atoms with Gasteiger partial charge in [0.15, 0.2) is 5.82 Å². The van der Waals surface area contributed by atoms with Crippen molar-refractivity contribution in [3.8, 4) is 0 Å². The number of tetrazole rings is 1. The molecule has 4 rings (SSSR count). The monoisotopic (exact) mass is 361 g/mol. The minimum atomic E-state index is -0.205. The van der Waals surface area contributed by atoms with Crippen molar-refractivity contribution >= 4 is 11.8 Å². The van der Waals surface area contributed by atoms with Crippen LogP contribution in [0.15, 0.2) is 24.3 Å². The number of aromatic nitrogens is 4. The molecule has 1 aliphatic carbocycles. The van der Waals surface area contributed by atoms with E-state index < -0.39 is 0 Å². The highest BCUT2D eigenvalue weighted by atomic mass is 32.2. The minimum Gasteiger partial charge on any atom is -0.288 e. The molecule has 1 atom stereocenters.